The second kappa shape index (κ2) is 7.36. The van der Waals surface area contributed by atoms with Crippen molar-refractivity contribution in [3.05, 3.63) is 41.2 Å². The van der Waals surface area contributed by atoms with Crippen molar-refractivity contribution in [2.24, 2.45) is 0 Å². The Morgan fingerprint density at radius 3 is 2.65 bits per heavy atom. The molecule has 0 aliphatic carbocycles. The number of amides is 4. The molecule has 1 aromatic carbocycles. The van der Waals surface area contributed by atoms with Crippen molar-refractivity contribution >= 4 is 29.4 Å². The van der Waals surface area contributed by atoms with E-state index in [0.29, 0.717) is 30.0 Å². The van der Waals surface area contributed by atoms with Crippen LogP contribution in [0.5, 0.6) is 0 Å². The molecule has 0 unspecified atom stereocenters. The number of hydrogen-bond acceptors (Lipinski definition) is 6. The summed E-state index contributed by atoms with van der Waals surface area (Å²) in [6.45, 7) is 2.45. The third-order valence-corrected chi connectivity index (χ3v) is 3.83. The summed E-state index contributed by atoms with van der Waals surface area (Å²) in [5.74, 6) is 0.125. The summed E-state index contributed by atoms with van der Waals surface area (Å²) < 4.78 is 9.81. The summed E-state index contributed by atoms with van der Waals surface area (Å²) in [6, 6.07) is 5.62. The van der Waals surface area contributed by atoms with Gasteiger partial charge in [-0.2, -0.15) is 0 Å². The first-order valence-electron chi connectivity index (χ1n) is 8.00. The summed E-state index contributed by atoms with van der Waals surface area (Å²) in [7, 11) is 1.56. The van der Waals surface area contributed by atoms with Gasteiger partial charge in [0.15, 0.2) is 5.82 Å². The number of carbonyl (C=O) groups excluding carboxylic acids is 3. The van der Waals surface area contributed by atoms with Gasteiger partial charge in [-0.05, 0) is 31.5 Å². The second-order valence-electron chi connectivity index (χ2n) is 5.77. The van der Waals surface area contributed by atoms with Crippen LogP contribution in [0.2, 0.25) is 0 Å². The fourth-order valence-corrected chi connectivity index (χ4v) is 2.64. The Morgan fingerprint density at radius 2 is 1.96 bits per heavy atom. The summed E-state index contributed by atoms with van der Waals surface area (Å²) in [6.07, 6.45) is 0.562. The number of fused-ring (bicyclic) bond motifs is 1. The molecule has 0 fully saturated rings. The number of methoxy groups -OCH3 is 1. The minimum atomic E-state index is -0.535. The molecule has 4 amide bonds. The molecule has 9 nitrogen and oxygen atoms in total. The van der Waals surface area contributed by atoms with Gasteiger partial charge in [0.25, 0.3) is 11.8 Å². The van der Waals surface area contributed by atoms with E-state index in [1.165, 1.54) is 17.0 Å². The topological polar surface area (TPSA) is 114 Å². The standard InChI is InChI=1S/C17H18N4O5/c1-10-8-14(20-26-10)19-17(24)18-11-4-5-12-13(9-11)16(23)21(15(12)22)6-3-7-25-2/h4-5,8-9H,3,6-7H2,1-2H3,(H2,18,19,20,24). The Balaban J connectivity index is 1.69. The third-order valence-electron chi connectivity index (χ3n) is 3.83. The number of anilines is 2. The van der Waals surface area contributed by atoms with Crippen molar-refractivity contribution in [3.8, 4) is 0 Å². The van der Waals surface area contributed by atoms with Crippen molar-refractivity contribution < 1.29 is 23.6 Å². The lowest BCUT2D eigenvalue weighted by molar-refractivity contribution is 0.0638. The average molecular weight is 358 g/mol. The van der Waals surface area contributed by atoms with Gasteiger partial charge in [0.1, 0.15) is 5.76 Å². The lowest BCUT2D eigenvalue weighted by Gasteiger charge is -2.12. The maximum absolute atomic E-state index is 12.4. The molecule has 1 aromatic heterocycles. The molecule has 0 spiro atoms. The van der Waals surface area contributed by atoms with Crippen LogP contribution in [0.3, 0.4) is 0 Å². The normalized spacial score (nSPS) is 13.1. The maximum atomic E-state index is 12.4. The smallest absolute Gasteiger partial charge is 0.324 e. The quantitative estimate of drug-likeness (QED) is 0.605. The SMILES string of the molecule is COCCCN1C(=O)c2ccc(NC(=O)Nc3cc(C)on3)cc2C1=O. The summed E-state index contributed by atoms with van der Waals surface area (Å²) in [4.78, 5) is 38.0. The number of nitrogens with one attached hydrogen (secondary N) is 2. The zero-order valence-electron chi connectivity index (χ0n) is 14.4. The number of benzene rings is 1. The van der Waals surface area contributed by atoms with Gasteiger partial charge in [0, 0.05) is 32.0 Å². The van der Waals surface area contributed by atoms with Crippen molar-refractivity contribution in [1.29, 1.82) is 0 Å². The summed E-state index contributed by atoms with van der Waals surface area (Å²) >= 11 is 0. The summed E-state index contributed by atoms with van der Waals surface area (Å²) in [5.41, 5.74) is 0.981. The molecular formula is C17H18N4O5. The first kappa shape index (κ1) is 17.6. The lowest BCUT2D eigenvalue weighted by Crippen LogP contribution is -2.31. The molecule has 26 heavy (non-hydrogen) atoms. The number of imide groups is 1. The Hall–Kier alpha value is -3.20. The minimum Gasteiger partial charge on any atom is -0.385 e. The van der Waals surface area contributed by atoms with Gasteiger partial charge in [0.05, 0.1) is 11.1 Å². The van der Waals surface area contributed by atoms with Gasteiger partial charge in [-0.15, -0.1) is 0 Å². The van der Waals surface area contributed by atoms with Gasteiger partial charge in [-0.1, -0.05) is 5.16 Å². The predicted molar refractivity (Wildman–Crippen MR) is 92.2 cm³/mol. The number of hydrogen-bond donors (Lipinski definition) is 2. The molecule has 0 saturated carbocycles. The van der Waals surface area contributed by atoms with Gasteiger partial charge < -0.3 is 14.6 Å². The molecule has 0 radical (unpaired) electrons. The van der Waals surface area contributed by atoms with Crippen LogP contribution in [0, 0.1) is 6.92 Å². The average Bonchev–Trinajstić information content (AvgIpc) is 3.11. The lowest BCUT2D eigenvalue weighted by atomic mass is 10.1. The molecule has 2 heterocycles. The summed E-state index contributed by atoms with van der Waals surface area (Å²) in [5, 5.41) is 8.77. The van der Waals surface area contributed by atoms with E-state index in [2.05, 4.69) is 15.8 Å². The number of ether oxygens (including phenoxy) is 1. The zero-order chi connectivity index (χ0) is 18.7. The number of aromatic nitrogens is 1. The molecular weight excluding hydrogens is 340 g/mol. The zero-order valence-corrected chi connectivity index (χ0v) is 14.4. The maximum Gasteiger partial charge on any atom is 0.324 e. The Kier molecular flexibility index (Phi) is 4.99. The number of aryl methyl sites for hydroxylation is 1. The molecule has 136 valence electrons. The molecule has 2 N–H and O–H groups in total. The van der Waals surface area contributed by atoms with Gasteiger partial charge in [-0.3, -0.25) is 19.8 Å². The van der Waals surface area contributed by atoms with Gasteiger partial charge in [-0.25, -0.2) is 4.79 Å². The van der Waals surface area contributed by atoms with E-state index >= 15 is 0 Å². The van der Waals surface area contributed by atoms with Crippen molar-refractivity contribution in [1.82, 2.24) is 10.1 Å². The molecule has 3 rings (SSSR count). The number of rotatable bonds is 6. The highest BCUT2D eigenvalue weighted by molar-refractivity contribution is 6.22. The van der Waals surface area contributed by atoms with Crippen LogP contribution in [0.15, 0.2) is 28.8 Å². The Bertz CT molecular complexity index is 861. The van der Waals surface area contributed by atoms with Crippen molar-refractivity contribution in [2.75, 3.05) is 30.9 Å². The molecule has 2 aromatic rings. The van der Waals surface area contributed by atoms with E-state index in [1.807, 2.05) is 0 Å². The van der Waals surface area contributed by atoms with Gasteiger partial charge in [0.2, 0.25) is 0 Å². The van der Waals surface area contributed by atoms with Crippen LogP contribution >= 0.6 is 0 Å². The first-order valence-corrected chi connectivity index (χ1v) is 8.00. The van der Waals surface area contributed by atoms with E-state index in [0.717, 1.165) is 0 Å². The highest BCUT2D eigenvalue weighted by Gasteiger charge is 2.35. The third kappa shape index (κ3) is 3.57. The van der Waals surface area contributed by atoms with Crippen LogP contribution in [0.25, 0.3) is 0 Å². The van der Waals surface area contributed by atoms with E-state index in [-0.39, 0.29) is 29.7 Å². The van der Waals surface area contributed by atoms with Crippen molar-refractivity contribution in [2.45, 2.75) is 13.3 Å². The van der Waals surface area contributed by atoms with Crippen LogP contribution in [-0.4, -0.2) is 48.2 Å². The van der Waals surface area contributed by atoms with Crippen LogP contribution in [-0.2, 0) is 4.74 Å². The Morgan fingerprint density at radius 1 is 1.19 bits per heavy atom. The number of carbonyl (C=O) groups is 3. The van der Waals surface area contributed by atoms with Gasteiger partial charge >= 0.3 is 6.03 Å². The van der Waals surface area contributed by atoms with E-state index < -0.39 is 6.03 Å². The van der Waals surface area contributed by atoms with Crippen LogP contribution in [0.1, 0.15) is 32.9 Å². The van der Waals surface area contributed by atoms with Crippen molar-refractivity contribution in [3.63, 3.8) is 0 Å². The molecule has 0 bridgehead atoms. The highest BCUT2D eigenvalue weighted by Crippen LogP contribution is 2.26. The molecule has 1 aliphatic heterocycles. The van der Waals surface area contributed by atoms with E-state index in [1.54, 1.807) is 26.2 Å². The number of nitrogens with zero attached hydrogens (tertiary/aromatic N) is 2. The largest absolute Gasteiger partial charge is 0.385 e. The molecule has 0 atom stereocenters. The van der Waals surface area contributed by atoms with Crippen LogP contribution < -0.4 is 10.6 Å². The molecule has 0 saturated heterocycles. The predicted octanol–water partition coefficient (Wildman–Crippen LogP) is 2.26. The first-order chi connectivity index (χ1) is 12.5. The second-order valence-corrected chi connectivity index (χ2v) is 5.77. The monoisotopic (exact) mass is 358 g/mol. The van der Waals surface area contributed by atoms with Crippen LogP contribution in [0.4, 0.5) is 16.3 Å². The highest BCUT2D eigenvalue weighted by atomic mass is 16.5. The molecule has 9 heteroatoms. The fraction of sp³-hybridized carbons (Fsp3) is 0.294. The Labute approximate surface area is 149 Å². The number of urea groups is 1. The van der Waals surface area contributed by atoms with E-state index in [4.69, 9.17) is 9.26 Å². The minimum absolute atomic E-state index is 0.266. The fourth-order valence-electron chi connectivity index (χ4n) is 2.64. The molecule has 1 aliphatic rings. The van der Waals surface area contributed by atoms with E-state index in [9.17, 15) is 14.4 Å².